The summed E-state index contributed by atoms with van der Waals surface area (Å²) in [5.74, 6) is 0. The molecule has 0 atom stereocenters. The van der Waals surface area contributed by atoms with Crippen molar-refractivity contribution in [2.45, 2.75) is 43.5 Å². The third kappa shape index (κ3) is 2.43. The average molecular weight is 345 g/mol. The zero-order chi connectivity index (χ0) is 12.8. The van der Waals surface area contributed by atoms with Gasteiger partial charge in [-0.1, -0.05) is 48.5 Å². The van der Waals surface area contributed by atoms with E-state index in [1.165, 1.54) is 0 Å². The third-order valence-electron chi connectivity index (χ3n) is 2.51. The lowest BCUT2D eigenvalue weighted by Gasteiger charge is -2.16. The van der Waals surface area contributed by atoms with Crippen LogP contribution < -0.4 is 0 Å². The van der Waals surface area contributed by atoms with Gasteiger partial charge in [0.05, 0.1) is 15.3 Å². The molecule has 0 aliphatic rings. The Bertz CT molecular complexity index is 549. The summed E-state index contributed by atoms with van der Waals surface area (Å²) in [5.41, 5.74) is 3.01. The molecule has 2 heterocycles. The van der Waals surface area contributed by atoms with Crippen LogP contribution in [-0.2, 0) is 8.84 Å². The van der Waals surface area contributed by atoms with Crippen LogP contribution in [0.1, 0.15) is 46.0 Å². The zero-order valence-corrected chi connectivity index (χ0v) is 12.9. The number of fused-ring (bicyclic) bond motifs is 1. The molecule has 0 aliphatic heterocycles. The number of hydrogen-bond donors (Lipinski definition) is 0. The third-order valence-corrected chi connectivity index (χ3v) is 3.06. The molecule has 2 aromatic heterocycles. The van der Waals surface area contributed by atoms with Crippen molar-refractivity contribution in [1.82, 2.24) is 15.1 Å². The van der Waals surface area contributed by atoms with Crippen LogP contribution in [0.3, 0.4) is 0 Å². The highest BCUT2D eigenvalue weighted by atomic mass is 127. The Morgan fingerprint density at radius 3 is 2.35 bits per heavy atom. The first-order valence-corrected chi connectivity index (χ1v) is 6.60. The first-order valence-electron chi connectivity index (χ1n) is 5.52. The number of halogens is 1. The molecule has 0 saturated heterocycles. The van der Waals surface area contributed by atoms with Crippen molar-refractivity contribution in [1.29, 1.82) is 0 Å². The number of rotatable bonds is 1. The number of alkyl halides is 1. The van der Waals surface area contributed by atoms with Gasteiger partial charge in [-0.25, -0.2) is 9.97 Å². The van der Waals surface area contributed by atoms with Crippen LogP contribution in [0, 0.1) is 0 Å². The van der Waals surface area contributed by atoms with E-state index in [9.17, 15) is 0 Å². The Morgan fingerprint density at radius 1 is 1.18 bits per heavy atom. The van der Waals surface area contributed by atoms with Gasteiger partial charge in [0.1, 0.15) is 5.69 Å². The van der Waals surface area contributed by atoms with Gasteiger partial charge in [-0.05, 0) is 13.8 Å². The Labute approximate surface area is 114 Å². The summed E-state index contributed by atoms with van der Waals surface area (Å²) in [5, 5.41) is 4.09. The number of hydrogen-bond acceptors (Lipinski definition) is 4. The van der Waals surface area contributed by atoms with Gasteiger partial charge < -0.3 is 4.52 Å². The van der Waals surface area contributed by atoms with E-state index in [1.54, 1.807) is 6.20 Å². The highest BCUT2D eigenvalue weighted by molar-refractivity contribution is 14.1. The molecule has 4 nitrogen and oxygen atoms in total. The van der Waals surface area contributed by atoms with E-state index >= 15 is 0 Å². The van der Waals surface area contributed by atoms with Crippen LogP contribution in [0.15, 0.2) is 10.7 Å². The van der Waals surface area contributed by atoms with Gasteiger partial charge in [0.2, 0.25) is 0 Å². The van der Waals surface area contributed by atoms with Crippen LogP contribution in [-0.4, -0.2) is 15.1 Å². The smallest absolute Gasteiger partial charge is 0.276 e. The first-order chi connectivity index (χ1) is 7.69. The van der Waals surface area contributed by atoms with Gasteiger partial charge in [0.15, 0.2) is 5.52 Å². The zero-order valence-electron chi connectivity index (χ0n) is 10.7. The second-order valence-electron chi connectivity index (χ2n) is 5.66. The van der Waals surface area contributed by atoms with Crippen molar-refractivity contribution in [2.24, 2.45) is 0 Å². The summed E-state index contributed by atoms with van der Waals surface area (Å²) < 4.78 is 5.17. The van der Waals surface area contributed by atoms with E-state index in [2.05, 4.69) is 72.3 Å². The Hall–Kier alpha value is -0.720. The minimum Gasteiger partial charge on any atom is -0.334 e. The standard InChI is InChI=1S/C12H16IN3O/c1-11(2,3)9-8-10(17-16-9)14-6-7(15-8)12(4,5)13/h6H,1-5H3. The molecular formula is C12H16IN3O. The molecule has 0 bridgehead atoms. The van der Waals surface area contributed by atoms with Gasteiger partial charge in [0.25, 0.3) is 5.71 Å². The van der Waals surface area contributed by atoms with Crippen LogP contribution in [0.25, 0.3) is 11.2 Å². The van der Waals surface area contributed by atoms with E-state index < -0.39 is 0 Å². The predicted octanol–water partition coefficient (Wildman–Crippen LogP) is 3.59. The quantitative estimate of drug-likeness (QED) is 0.586. The molecule has 0 aromatic carbocycles. The maximum absolute atomic E-state index is 5.22. The van der Waals surface area contributed by atoms with E-state index in [1.807, 2.05) is 0 Å². The lowest BCUT2D eigenvalue weighted by molar-refractivity contribution is 0.414. The average Bonchev–Trinajstić information content (AvgIpc) is 2.57. The van der Waals surface area contributed by atoms with Crippen molar-refractivity contribution < 1.29 is 4.52 Å². The topological polar surface area (TPSA) is 51.8 Å². The van der Waals surface area contributed by atoms with E-state index in [-0.39, 0.29) is 8.84 Å². The molecule has 0 fully saturated rings. The van der Waals surface area contributed by atoms with Gasteiger partial charge in [-0.3, -0.25) is 0 Å². The second kappa shape index (κ2) is 3.90. The van der Waals surface area contributed by atoms with E-state index in [0.717, 1.165) is 16.9 Å². The Kier molecular flexibility index (Phi) is 2.92. The van der Waals surface area contributed by atoms with Crippen LogP contribution in [0.5, 0.6) is 0 Å². The van der Waals surface area contributed by atoms with Crippen LogP contribution in [0.4, 0.5) is 0 Å². The van der Waals surface area contributed by atoms with Crippen LogP contribution in [0.2, 0.25) is 0 Å². The summed E-state index contributed by atoms with van der Waals surface area (Å²) in [4.78, 5) is 8.93. The molecular weight excluding hydrogens is 329 g/mol. The molecule has 0 saturated carbocycles. The van der Waals surface area contributed by atoms with Crippen molar-refractivity contribution in [2.75, 3.05) is 0 Å². The first kappa shape index (κ1) is 12.7. The minimum atomic E-state index is -0.0893. The molecule has 0 N–H and O–H groups in total. The summed E-state index contributed by atoms with van der Waals surface area (Å²) in [6.45, 7) is 10.5. The Balaban J connectivity index is 2.67. The predicted molar refractivity (Wildman–Crippen MR) is 75.3 cm³/mol. The van der Waals surface area contributed by atoms with Gasteiger partial charge in [0, 0.05) is 5.41 Å². The SMILES string of the molecule is CC(C)(C)c1noc2ncc(C(C)(C)I)nc12. The molecule has 0 radical (unpaired) electrons. The molecule has 0 unspecified atom stereocenters. The van der Waals surface area contributed by atoms with Crippen molar-refractivity contribution in [3.8, 4) is 0 Å². The largest absolute Gasteiger partial charge is 0.334 e. The monoisotopic (exact) mass is 345 g/mol. The molecule has 92 valence electrons. The summed E-state index contributed by atoms with van der Waals surface area (Å²) in [6.07, 6.45) is 1.76. The summed E-state index contributed by atoms with van der Waals surface area (Å²) >= 11 is 2.35. The molecule has 5 heteroatoms. The van der Waals surface area contributed by atoms with Crippen molar-refractivity contribution in [3.05, 3.63) is 17.6 Å². The fraction of sp³-hybridized carbons (Fsp3) is 0.583. The molecule has 2 rings (SSSR count). The van der Waals surface area contributed by atoms with E-state index in [0.29, 0.717) is 5.71 Å². The minimum absolute atomic E-state index is 0.0502. The lowest BCUT2D eigenvalue weighted by atomic mass is 9.92. The van der Waals surface area contributed by atoms with Crippen LogP contribution >= 0.6 is 22.6 Å². The van der Waals surface area contributed by atoms with Gasteiger partial charge in [-0.2, -0.15) is 0 Å². The summed E-state index contributed by atoms with van der Waals surface area (Å²) in [7, 11) is 0. The van der Waals surface area contributed by atoms with Crippen molar-refractivity contribution >= 4 is 33.8 Å². The molecule has 0 amide bonds. The highest BCUT2D eigenvalue weighted by Crippen LogP contribution is 2.32. The molecule has 17 heavy (non-hydrogen) atoms. The molecule has 2 aromatic rings. The number of nitrogens with zero attached hydrogens (tertiary/aromatic N) is 3. The normalized spacial score (nSPS) is 13.3. The second-order valence-corrected chi connectivity index (χ2v) is 8.36. The van der Waals surface area contributed by atoms with E-state index in [4.69, 9.17) is 4.52 Å². The maximum Gasteiger partial charge on any atom is 0.276 e. The summed E-state index contributed by atoms with van der Waals surface area (Å²) in [6, 6.07) is 0. The number of aromatic nitrogens is 3. The Morgan fingerprint density at radius 2 is 1.82 bits per heavy atom. The lowest BCUT2D eigenvalue weighted by Crippen LogP contribution is -2.14. The fourth-order valence-corrected chi connectivity index (χ4v) is 1.77. The fourth-order valence-electron chi connectivity index (χ4n) is 1.51. The molecule has 0 spiro atoms. The van der Waals surface area contributed by atoms with Gasteiger partial charge >= 0.3 is 0 Å². The highest BCUT2D eigenvalue weighted by Gasteiger charge is 2.26. The van der Waals surface area contributed by atoms with Crippen molar-refractivity contribution in [3.63, 3.8) is 0 Å². The molecule has 0 aliphatic carbocycles. The maximum atomic E-state index is 5.22. The van der Waals surface area contributed by atoms with Gasteiger partial charge in [-0.15, -0.1) is 0 Å².